The summed E-state index contributed by atoms with van der Waals surface area (Å²) in [7, 11) is 0. The zero-order valence-electron chi connectivity index (χ0n) is 16.7. The van der Waals surface area contributed by atoms with Gasteiger partial charge in [-0.2, -0.15) is 5.10 Å². The van der Waals surface area contributed by atoms with Crippen LogP contribution in [0, 0.1) is 6.92 Å². The highest BCUT2D eigenvalue weighted by molar-refractivity contribution is 5.95. The van der Waals surface area contributed by atoms with Gasteiger partial charge in [0.05, 0.1) is 17.8 Å². The summed E-state index contributed by atoms with van der Waals surface area (Å²) >= 11 is 0. The minimum absolute atomic E-state index is 0.00745. The first kappa shape index (κ1) is 18.1. The van der Waals surface area contributed by atoms with Crippen molar-refractivity contribution in [3.05, 3.63) is 113 Å². The van der Waals surface area contributed by atoms with Crippen LogP contribution in [0.15, 0.2) is 95.9 Å². The molecule has 146 valence electrons. The van der Waals surface area contributed by atoms with Gasteiger partial charge in [-0.15, -0.1) is 0 Å². The second kappa shape index (κ2) is 7.48. The lowest BCUT2D eigenvalue weighted by Crippen LogP contribution is -2.19. The molecule has 4 nitrogen and oxygen atoms in total. The highest BCUT2D eigenvalue weighted by atomic mass is 16.1. The molecule has 2 aromatic heterocycles. The van der Waals surface area contributed by atoms with Crippen LogP contribution in [0.25, 0.3) is 33.3 Å². The normalized spacial score (nSPS) is 11.1. The average Bonchev–Trinajstić information content (AvgIpc) is 3.19. The molecule has 0 fully saturated rings. The van der Waals surface area contributed by atoms with Crippen molar-refractivity contribution in [1.82, 2.24) is 14.8 Å². The first-order chi connectivity index (χ1) is 14.7. The van der Waals surface area contributed by atoms with E-state index in [1.54, 1.807) is 10.6 Å². The number of benzene rings is 3. The average molecular weight is 391 g/mol. The van der Waals surface area contributed by atoms with Crippen LogP contribution in [0.5, 0.6) is 0 Å². The fourth-order valence-electron chi connectivity index (χ4n) is 3.82. The molecular weight excluding hydrogens is 370 g/mol. The van der Waals surface area contributed by atoms with E-state index in [1.807, 2.05) is 42.6 Å². The molecule has 2 heterocycles. The van der Waals surface area contributed by atoms with E-state index < -0.39 is 0 Å². The highest BCUT2D eigenvalue weighted by Gasteiger charge is 2.10. The molecule has 0 saturated carbocycles. The van der Waals surface area contributed by atoms with Gasteiger partial charge in [-0.3, -0.25) is 9.89 Å². The Balaban J connectivity index is 1.52. The minimum atomic E-state index is -0.00745. The van der Waals surface area contributed by atoms with Crippen LogP contribution >= 0.6 is 0 Å². The summed E-state index contributed by atoms with van der Waals surface area (Å²) in [5.74, 6) is 0. The van der Waals surface area contributed by atoms with Crippen molar-refractivity contribution in [2.45, 2.75) is 13.5 Å². The maximum atomic E-state index is 12.4. The molecular formula is C26H21N3O. The van der Waals surface area contributed by atoms with E-state index in [4.69, 9.17) is 0 Å². The molecule has 0 radical (unpaired) electrons. The summed E-state index contributed by atoms with van der Waals surface area (Å²) in [6.45, 7) is 2.64. The number of nitrogens with one attached hydrogen (secondary N) is 1. The Kier molecular flexibility index (Phi) is 4.52. The first-order valence-corrected chi connectivity index (χ1v) is 9.97. The SMILES string of the molecule is Cc1cccc(-c2n[nH]c3cc(-c4ccc(=O)n(Cc5ccccc5)c4)ccc23)c1. The van der Waals surface area contributed by atoms with Crippen molar-refractivity contribution >= 4 is 10.9 Å². The summed E-state index contributed by atoms with van der Waals surface area (Å²) in [6, 6.07) is 28.2. The third-order valence-corrected chi connectivity index (χ3v) is 5.37. The summed E-state index contributed by atoms with van der Waals surface area (Å²) in [4.78, 5) is 12.4. The molecule has 0 amide bonds. The van der Waals surface area contributed by atoms with Crippen molar-refractivity contribution in [2.75, 3.05) is 0 Å². The van der Waals surface area contributed by atoms with Crippen molar-refractivity contribution in [2.24, 2.45) is 0 Å². The van der Waals surface area contributed by atoms with Gasteiger partial charge in [-0.25, -0.2) is 0 Å². The van der Waals surface area contributed by atoms with Gasteiger partial charge in [0.25, 0.3) is 5.56 Å². The van der Waals surface area contributed by atoms with Crippen molar-refractivity contribution in [3.63, 3.8) is 0 Å². The maximum Gasteiger partial charge on any atom is 0.250 e. The molecule has 5 aromatic rings. The topological polar surface area (TPSA) is 50.7 Å². The lowest BCUT2D eigenvalue weighted by Gasteiger charge is -2.09. The van der Waals surface area contributed by atoms with Crippen LogP contribution in [0.1, 0.15) is 11.1 Å². The molecule has 0 bridgehead atoms. The van der Waals surface area contributed by atoms with Gasteiger partial charge in [0, 0.05) is 23.2 Å². The number of hydrogen-bond donors (Lipinski definition) is 1. The predicted octanol–water partition coefficient (Wildman–Crippen LogP) is 5.42. The van der Waals surface area contributed by atoms with Crippen LogP contribution in [0.3, 0.4) is 0 Å². The van der Waals surface area contributed by atoms with E-state index in [2.05, 4.69) is 59.6 Å². The number of pyridine rings is 1. The van der Waals surface area contributed by atoms with Crippen molar-refractivity contribution < 1.29 is 0 Å². The molecule has 3 aromatic carbocycles. The molecule has 4 heteroatoms. The number of aryl methyl sites for hydroxylation is 1. The van der Waals surface area contributed by atoms with E-state index in [1.165, 1.54) is 5.56 Å². The van der Waals surface area contributed by atoms with Gasteiger partial charge in [0.1, 0.15) is 0 Å². The van der Waals surface area contributed by atoms with Crippen LogP contribution in [0.4, 0.5) is 0 Å². The lowest BCUT2D eigenvalue weighted by molar-refractivity contribution is 0.761. The molecule has 5 rings (SSSR count). The molecule has 0 spiro atoms. The van der Waals surface area contributed by atoms with Gasteiger partial charge in [-0.1, -0.05) is 60.2 Å². The van der Waals surface area contributed by atoms with E-state index in [0.717, 1.165) is 38.9 Å². The summed E-state index contributed by atoms with van der Waals surface area (Å²) in [5.41, 5.74) is 7.38. The number of aromatic nitrogens is 3. The van der Waals surface area contributed by atoms with Gasteiger partial charge < -0.3 is 4.57 Å². The maximum absolute atomic E-state index is 12.4. The number of fused-ring (bicyclic) bond motifs is 1. The monoisotopic (exact) mass is 391 g/mol. The largest absolute Gasteiger partial charge is 0.310 e. The van der Waals surface area contributed by atoms with Crippen LogP contribution in [-0.2, 0) is 6.54 Å². The lowest BCUT2D eigenvalue weighted by atomic mass is 10.0. The van der Waals surface area contributed by atoms with Crippen molar-refractivity contribution in [3.8, 4) is 22.4 Å². The third-order valence-electron chi connectivity index (χ3n) is 5.37. The Bertz CT molecular complexity index is 1400. The number of H-pyrrole nitrogens is 1. The van der Waals surface area contributed by atoms with Gasteiger partial charge >= 0.3 is 0 Å². The van der Waals surface area contributed by atoms with Crippen molar-refractivity contribution in [1.29, 1.82) is 0 Å². The van der Waals surface area contributed by atoms with E-state index in [9.17, 15) is 4.79 Å². The smallest absolute Gasteiger partial charge is 0.250 e. The number of aromatic amines is 1. The van der Waals surface area contributed by atoms with E-state index in [-0.39, 0.29) is 5.56 Å². The van der Waals surface area contributed by atoms with Gasteiger partial charge in [0.15, 0.2) is 0 Å². The Morgan fingerprint density at radius 1 is 0.833 bits per heavy atom. The molecule has 30 heavy (non-hydrogen) atoms. The Morgan fingerprint density at radius 3 is 2.50 bits per heavy atom. The molecule has 0 aliphatic heterocycles. The number of rotatable bonds is 4. The second-order valence-corrected chi connectivity index (χ2v) is 7.57. The van der Waals surface area contributed by atoms with Crippen LogP contribution in [-0.4, -0.2) is 14.8 Å². The predicted molar refractivity (Wildman–Crippen MR) is 122 cm³/mol. The molecule has 0 saturated heterocycles. The Morgan fingerprint density at radius 2 is 1.67 bits per heavy atom. The molecule has 0 atom stereocenters. The zero-order chi connectivity index (χ0) is 20.5. The molecule has 0 unspecified atom stereocenters. The second-order valence-electron chi connectivity index (χ2n) is 7.57. The first-order valence-electron chi connectivity index (χ1n) is 9.97. The van der Waals surface area contributed by atoms with E-state index >= 15 is 0 Å². The third kappa shape index (κ3) is 3.44. The minimum Gasteiger partial charge on any atom is -0.310 e. The molecule has 0 aliphatic carbocycles. The van der Waals surface area contributed by atoms with Crippen LogP contribution < -0.4 is 5.56 Å². The van der Waals surface area contributed by atoms with E-state index in [0.29, 0.717) is 6.54 Å². The summed E-state index contributed by atoms with van der Waals surface area (Å²) in [6.07, 6.45) is 1.92. The summed E-state index contributed by atoms with van der Waals surface area (Å²) in [5, 5.41) is 8.80. The quantitative estimate of drug-likeness (QED) is 0.445. The fraction of sp³-hybridized carbons (Fsp3) is 0.0769. The molecule has 0 aliphatic rings. The fourth-order valence-corrected chi connectivity index (χ4v) is 3.82. The zero-order valence-corrected chi connectivity index (χ0v) is 16.7. The number of hydrogen-bond acceptors (Lipinski definition) is 2. The Labute approximate surface area is 174 Å². The Hall–Kier alpha value is -3.92. The van der Waals surface area contributed by atoms with Crippen LogP contribution in [0.2, 0.25) is 0 Å². The highest BCUT2D eigenvalue weighted by Crippen LogP contribution is 2.30. The number of nitrogens with zero attached hydrogens (tertiary/aromatic N) is 2. The standard InChI is InChI=1S/C26H21N3O/c1-18-6-5-9-21(14-18)26-23-12-10-20(15-24(23)27-28-26)22-11-13-25(30)29(17-22)16-19-7-3-2-4-8-19/h2-15,17H,16H2,1H3,(H,27,28). The van der Waals surface area contributed by atoms with Gasteiger partial charge in [-0.05, 0) is 47.9 Å². The summed E-state index contributed by atoms with van der Waals surface area (Å²) < 4.78 is 1.75. The molecule has 1 N–H and O–H groups in total. The van der Waals surface area contributed by atoms with Gasteiger partial charge in [0.2, 0.25) is 0 Å².